The number of fused-ring (bicyclic) bond motifs is 1. The van der Waals surface area contributed by atoms with E-state index < -0.39 is 0 Å². The summed E-state index contributed by atoms with van der Waals surface area (Å²) in [6, 6.07) is 18.9. The van der Waals surface area contributed by atoms with E-state index in [4.69, 9.17) is 0 Å². The van der Waals surface area contributed by atoms with Crippen LogP contribution in [-0.4, -0.2) is 19.9 Å². The predicted molar refractivity (Wildman–Crippen MR) is 93.0 cm³/mol. The summed E-state index contributed by atoms with van der Waals surface area (Å²) in [7, 11) is 0. The van der Waals surface area contributed by atoms with Gasteiger partial charge in [-0.05, 0) is 34.9 Å². The minimum atomic E-state index is -0.0390. The zero-order chi connectivity index (χ0) is 16.5. The number of nitrogens with zero attached hydrogens (tertiary/aromatic N) is 2. The molecule has 0 saturated carbocycles. The van der Waals surface area contributed by atoms with Crippen LogP contribution in [0.25, 0.3) is 22.0 Å². The fourth-order valence-corrected chi connectivity index (χ4v) is 2.79. The number of hydrogen-bond acceptors (Lipinski definition) is 3. The van der Waals surface area contributed by atoms with E-state index in [9.17, 15) is 9.90 Å². The van der Waals surface area contributed by atoms with Gasteiger partial charge in [-0.2, -0.15) is 0 Å². The largest absolute Gasteiger partial charge is 0.492 e. The van der Waals surface area contributed by atoms with Crippen molar-refractivity contribution in [2.45, 2.75) is 6.54 Å². The highest BCUT2D eigenvalue weighted by atomic mass is 16.3. The third-order valence-corrected chi connectivity index (χ3v) is 4.06. The van der Waals surface area contributed by atoms with Gasteiger partial charge in [0.05, 0.1) is 17.4 Å². The Morgan fingerprint density at radius 1 is 1.00 bits per heavy atom. The lowest BCUT2D eigenvalue weighted by Crippen LogP contribution is -2.19. The summed E-state index contributed by atoms with van der Waals surface area (Å²) in [5.41, 5.74) is 3.67. The number of hydrogen-bond donors (Lipinski definition) is 2. The van der Waals surface area contributed by atoms with Gasteiger partial charge in [-0.25, -0.2) is 0 Å². The molecule has 0 amide bonds. The quantitative estimate of drug-likeness (QED) is 0.610. The van der Waals surface area contributed by atoms with Crippen LogP contribution in [0.4, 0.5) is 0 Å². The third-order valence-electron chi connectivity index (χ3n) is 4.06. The Morgan fingerprint density at radius 2 is 1.79 bits per heavy atom. The van der Waals surface area contributed by atoms with Crippen molar-refractivity contribution in [3.05, 3.63) is 82.8 Å². The Hall–Kier alpha value is -3.34. The number of benzene rings is 2. The summed E-state index contributed by atoms with van der Waals surface area (Å²) >= 11 is 0. The molecule has 4 aromatic rings. The number of pyridine rings is 1. The molecular weight excluding hydrogens is 302 g/mol. The molecule has 24 heavy (non-hydrogen) atoms. The van der Waals surface area contributed by atoms with Crippen molar-refractivity contribution in [1.82, 2.24) is 14.8 Å². The molecule has 0 unspecified atom stereocenters. The lowest BCUT2D eigenvalue weighted by atomic mass is 10.1. The fraction of sp³-hybridized carbons (Fsp3) is 0.0526. The summed E-state index contributed by atoms with van der Waals surface area (Å²) in [6.07, 6.45) is 1.85. The summed E-state index contributed by atoms with van der Waals surface area (Å²) in [6.45, 7) is 0.528. The van der Waals surface area contributed by atoms with Crippen molar-refractivity contribution in [3.8, 4) is 17.0 Å². The lowest BCUT2D eigenvalue weighted by molar-refractivity contribution is 0.457. The van der Waals surface area contributed by atoms with Crippen LogP contribution in [0.2, 0.25) is 0 Å². The second kappa shape index (κ2) is 5.70. The molecular formula is C19H15N3O2. The van der Waals surface area contributed by atoms with Gasteiger partial charge in [0.1, 0.15) is 0 Å². The zero-order valence-electron chi connectivity index (χ0n) is 12.8. The van der Waals surface area contributed by atoms with Crippen molar-refractivity contribution < 1.29 is 5.11 Å². The van der Waals surface area contributed by atoms with Crippen molar-refractivity contribution in [2.75, 3.05) is 0 Å². The van der Waals surface area contributed by atoms with Gasteiger partial charge in [0.25, 0.3) is 5.56 Å². The van der Waals surface area contributed by atoms with Crippen LogP contribution in [0.3, 0.4) is 0 Å². The van der Waals surface area contributed by atoms with Gasteiger partial charge < -0.3 is 9.67 Å². The SMILES string of the molecule is O=c1ccc(-c2ccc3c(O)n[nH]c3c2)cn1Cc1ccccc1. The van der Waals surface area contributed by atoms with Crippen molar-refractivity contribution in [2.24, 2.45) is 0 Å². The molecule has 118 valence electrons. The van der Waals surface area contributed by atoms with Gasteiger partial charge in [0, 0.05) is 12.3 Å². The minimum absolute atomic E-state index is 0.00871. The first kappa shape index (κ1) is 14.3. The second-order valence-electron chi connectivity index (χ2n) is 5.68. The molecule has 2 aromatic heterocycles. The summed E-state index contributed by atoms with van der Waals surface area (Å²) in [5, 5.41) is 16.9. The molecule has 2 heterocycles. The van der Waals surface area contributed by atoms with Crippen molar-refractivity contribution in [1.29, 1.82) is 0 Å². The Balaban J connectivity index is 1.75. The van der Waals surface area contributed by atoms with Gasteiger partial charge in [-0.3, -0.25) is 9.89 Å². The zero-order valence-corrected chi connectivity index (χ0v) is 12.8. The van der Waals surface area contributed by atoms with Crippen LogP contribution in [0, 0.1) is 0 Å². The third kappa shape index (κ3) is 2.56. The monoisotopic (exact) mass is 317 g/mol. The van der Waals surface area contributed by atoms with Crippen LogP contribution < -0.4 is 5.56 Å². The number of aromatic amines is 1. The average molecular weight is 317 g/mol. The Morgan fingerprint density at radius 3 is 2.62 bits per heavy atom. The molecule has 0 fully saturated rings. The highest BCUT2D eigenvalue weighted by molar-refractivity contribution is 5.87. The summed E-state index contributed by atoms with van der Waals surface area (Å²) < 4.78 is 1.69. The maximum Gasteiger partial charge on any atom is 0.250 e. The summed E-state index contributed by atoms with van der Waals surface area (Å²) in [5.74, 6) is -0.00871. The van der Waals surface area contributed by atoms with Crippen LogP contribution in [0.15, 0.2) is 71.7 Å². The molecule has 0 bridgehead atoms. The van der Waals surface area contributed by atoms with E-state index in [2.05, 4.69) is 10.2 Å². The van der Waals surface area contributed by atoms with Gasteiger partial charge in [0.2, 0.25) is 5.88 Å². The molecule has 5 heteroatoms. The van der Waals surface area contributed by atoms with Gasteiger partial charge in [-0.15, -0.1) is 5.10 Å². The smallest absolute Gasteiger partial charge is 0.250 e. The molecule has 2 aromatic carbocycles. The van der Waals surface area contributed by atoms with E-state index in [1.54, 1.807) is 16.7 Å². The molecule has 0 atom stereocenters. The molecule has 0 radical (unpaired) electrons. The number of H-pyrrole nitrogens is 1. The van der Waals surface area contributed by atoms with Gasteiger partial charge in [-0.1, -0.05) is 36.4 Å². The first-order chi connectivity index (χ1) is 11.7. The van der Waals surface area contributed by atoms with Gasteiger partial charge in [0.15, 0.2) is 0 Å². The molecule has 0 aliphatic carbocycles. The van der Waals surface area contributed by atoms with Crippen LogP contribution in [-0.2, 0) is 6.54 Å². The van der Waals surface area contributed by atoms with Crippen LogP contribution >= 0.6 is 0 Å². The molecule has 0 aliphatic rings. The highest BCUT2D eigenvalue weighted by Gasteiger charge is 2.07. The van der Waals surface area contributed by atoms with E-state index >= 15 is 0 Å². The fourth-order valence-electron chi connectivity index (χ4n) is 2.79. The predicted octanol–water partition coefficient (Wildman–Crippen LogP) is 3.15. The Labute approximate surface area is 137 Å². The molecule has 2 N–H and O–H groups in total. The number of aromatic nitrogens is 3. The maximum absolute atomic E-state index is 12.1. The van der Waals surface area contributed by atoms with E-state index in [0.717, 1.165) is 22.2 Å². The average Bonchev–Trinajstić information content (AvgIpc) is 2.98. The van der Waals surface area contributed by atoms with E-state index in [1.165, 1.54) is 0 Å². The normalized spacial score (nSPS) is 11.0. The summed E-state index contributed by atoms with van der Waals surface area (Å²) in [4.78, 5) is 12.1. The molecule has 0 aliphatic heterocycles. The van der Waals surface area contributed by atoms with Crippen molar-refractivity contribution in [3.63, 3.8) is 0 Å². The molecule has 0 spiro atoms. The topological polar surface area (TPSA) is 70.9 Å². The molecule has 4 rings (SSSR count). The van der Waals surface area contributed by atoms with E-state index in [-0.39, 0.29) is 11.4 Å². The number of aromatic hydroxyl groups is 1. The van der Waals surface area contributed by atoms with Crippen LogP contribution in [0.1, 0.15) is 5.56 Å². The van der Waals surface area contributed by atoms with E-state index in [0.29, 0.717) is 11.9 Å². The maximum atomic E-state index is 12.1. The van der Waals surface area contributed by atoms with Gasteiger partial charge >= 0.3 is 0 Å². The standard InChI is InChI=1S/C19H15N3O2/c23-18-9-7-15(12-22(18)11-13-4-2-1-3-5-13)14-6-8-16-17(10-14)20-21-19(16)24/h1-10,12H,11H2,(H2,20,21,24). The first-order valence-electron chi connectivity index (χ1n) is 7.62. The van der Waals surface area contributed by atoms with E-state index in [1.807, 2.05) is 54.7 Å². The minimum Gasteiger partial charge on any atom is -0.492 e. The number of nitrogens with one attached hydrogen (secondary N) is 1. The Kier molecular flexibility index (Phi) is 3.39. The highest BCUT2D eigenvalue weighted by Crippen LogP contribution is 2.26. The van der Waals surface area contributed by atoms with Crippen molar-refractivity contribution >= 4 is 10.9 Å². The number of rotatable bonds is 3. The molecule has 5 nitrogen and oxygen atoms in total. The Bertz CT molecular complexity index is 1060. The molecule has 0 saturated heterocycles. The second-order valence-corrected chi connectivity index (χ2v) is 5.68. The lowest BCUT2D eigenvalue weighted by Gasteiger charge is -2.09. The first-order valence-corrected chi connectivity index (χ1v) is 7.62. The van der Waals surface area contributed by atoms with Crippen LogP contribution in [0.5, 0.6) is 5.88 Å².